The van der Waals surface area contributed by atoms with E-state index in [2.05, 4.69) is 36.0 Å². The number of carbonyl (C=O) groups is 2. The highest BCUT2D eigenvalue weighted by atomic mass is 35.5. The van der Waals surface area contributed by atoms with Crippen molar-refractivity contribution in [3.63, 3.8) is 0 Å². The summed E-state index contributed by atoms with van der Waals surface area (Å²) in [5.41, 5.74) is 0. The molecule has 8 heteroatoms. The summed E-state index contributed by atoms with van der Waals surface area (Å²) in [6.07, 6.45) is 8.23. The Labute approximate surface area is 183 Å². The third-order valence-corrected chi connectivity index (χ3v) is 7.13. The molecule has 1 aliphatic heterocycles. The van der Waals surface area contributed by atoms with E-state index in [9.17, 15) is 9.59 Å². The summed E-state index contributed by atoms with van der Waals surface area (Å²) >= 11 is 7.25. The van der Waals surface area contributed by atoms with Crippen molar-refractivity contribution in [2.45, 2.75) is 77.8 Å². The van der Waals surface area contributed by atoms with Crippen molar-refractivity contribution in [2.75, 3.05) is 18.4 Å². The van der Waals surface area contributed by atoms with Crippen LogP contribution in [0.2, 0.25) is 4.34 Å². The number of amides is 3. The van der Waals surface area contributed by atoms with Gasteiger partial charge in [-0.25, -0.2) is 9.78 Å². The van der Waals surface area contributed by atoms with E-state index in [1.165, 1.54) is 11.3 Å². The van der Waals surface area contributed by atoms with E-state index in [4.69, 9.17) is 11.6 Å². The number of hydrogen-bond donors (Lipinski definition) is 1. The molecule has 1 aromatic rings. The number of thiazole rings is 1. The number of anilines is 1. The van der Waals surface area contributed by atoms with Crippen LogP contribution in [-0.2, 0) is 4.79 Å². The van der Waals surface area contributed by atoms with Crippen molar-refractivity contribution in [1.82, 2.24) is 14.8 Å². The average molecular weight is 441 g/mol. The number of aromatic nitrogens is 1. The largest absolute Gasteiger partial charge is 0.343 e. The molecule has 3 amide bonds. The summed E-state index contributed by atoms with van der Waals surface area (Å²) in [6.45, 7) is 7.90. The number of likely N-dealkylation sites (tertiary alicyclic amines) is 1. The van der Waals surface area contributed by atoms with Crippen LogP contribution >= 0.6 is 22.9 Å². The number of nitrogens with one attached hydrogen (secondary N) is 1. The minimum Gasteiger partial charge on any atom is -0.343 e. The van der Waals surface area contributed by atoms with Gasteiger partial charge in [0, 0.05) is 31.6 Å². The molecule has 1 N–H and O–H groups in total. The minimum atomic E-state index is -0.0810. The first-order valence-electron chi connectivity index (χ1n) is 10.8. The third kappa shape index (κ3) is 6.07. The normalized spacial score (nSPS) is 23.3. The predicted molar refractivity (Wildman–Crippen MR) is 118 cm³/mol. The first-order chi connectivity index (χ1) is 13.8. The van der Waals surface area contributed by atoms with Crippen LogP contribution in [-0.4, -0.2) is 51.9 Å². The Morgan fingerprint density at radius 3 is 2.38 bits per heavy atom. The van der Waals surface area contributed by atoms with E-state index in [1.807, 2.05) is 4.90 Å². The molecule has 6 nitrogen and oxygen atoms in total. The highest BCUT2D eigenvalue weighted by Crippen LogP contribution is 2.32. The molecule has 1 saturated heterocycles. The molecule has 1 saturated carbocycles. The zero-order valence-corrected chi connectivity index (χ0v) is 19.3. The Kier molecular flexibility index (Phi) is 7.79. The van der Waals surface area contributed by atoms with E-state index in [0.717, 1.165) is 57.5 Å². The van der Waals surface area contributed by atoms with Gasteiger partial charge in [0.05, 0.1) is 6.20 Å². The van der Waals surface area contributed by atoms with Crippen LogP contribution < -0.4 is 5.32 Å². The first kappa shape index (κ1) is 22.3. The molecule has 2 heterocycles. The lowest BCUT2D eigenvalue weighted by Gasteiger charge is -2.44. The third-order valence-electron chi connectivity index (χ3n) is 6.10. The van der Waals surface area contributed by atoms with Gasteiger partial charge in [-0.3, -0.25) is 10.1 Å². The molecule has 2 fully saturated rings. The molecule has 1 aliphatic carbocycles. The van der Waals surface area contributed by atoms with Gasteiger partial charge in [-0.1, -0.05) is 43.7 Å². The number of carbonyl (C=O) groups excluding carboxylic acids is 2. The summed E-state index contributed by atoms with van der Waals surface area (Å²) in [4.78, 5) is 33.8. The monoisotopic (exact) mass is 440 g/mol. The van der Waals surface area contributed by atoms with Crippen molar-refractivity contribution >= 4 is 40.0 Å². The number of hydrogen-bond acceptors (Lipinski definition) is 4. The minimum absolute atomic E-state index is 0.0810. The Balaban J connectivity index is 1.66. The van der Waals surface area contributed by atoms with Crippen molar-refractivity contribution in [1.29, 1.82) is 0 Å². The number of piperidine rings is 1. The maximum Gasteiger partial charge on any atom is 0.324 e. The van der Waals surface area contributed by atoms with Crippen LogP contribution in [0, 0.1) is 11.8 Å². The SMILES string of the molecule is CC(C)CC(=O)N1CCC(N(C(=O)Nc2ncc(Cl)s2)C2CCC(C)CC2)CC1. The molecule has 3 rings (SSSR count). The lowest BCUT2D eigenvalue weighted by atomic mass is 9.85. The van der Waals surface area contributed by atoms with Crippen molar-refractivity contribution < 1.29 is 9.59 Å². The number of rotatable bonds is 5. The molecule has 0 bridgehead atoms. The van der Waals surface area contributed by atoms with Gasteiger partial charge in [-0.15, -0.1) is 0 Å². The van der Waals surface area contributed by atoms with Crippen LogP contribution in [0.5, 0.6) is 0 Å². The fourth-order valence-corrected chi connectivity index (χ4v) is 5.29. The molecule has 0 unspecified atom stereocenters. The van der Waals surface area contributed by atoms with Gasteiger partial charge in [0.15, 0.2) is 5.13 Å². The molecule has 0 spiro atoms. The van der Waals surface area contributed by atoms with Gasteiger partial charge in [-0.2, -0.15) is 0 Å². The number of urea groups is 1. The highest BCUT2D eigenvalue weighted by molar-refractivity contribution is 7.19. The van der Waals surface area contributed by atoms with Crippen LogP contribution in [0.1, 0.15) is 65.7 Å². The van der Waals surface area contributed by atoms with Crippen molar-refractivity contribution in [3.05, 3.63) is 10.5 Å². The lowest BCUT2D eigenvalue weighted by molar-refractivity contribution is -0.133. The van der Waals surface area contributed by atoms with E-state index < -0.39 is 0 Å². The van der Waals surface area contributed by atoms with Crippen LogP contribution in [0.25, 0.3) is 0 Å². The van der Waals surface area contributed by atoms with Gasteiger partial charge < -0.3 is 9.80 Å². The van der Waals surface area contributed by atoms with Gasteiger partial charge in [0.25, 0.3) is 0 Å². The molecule has 0 radical (unpaired) electrons. The second kappa shape index (κ2) is 10.1. The summed E-state index contributed by atoms with van der Waals surface area (Å²) in [7, 11) is 0. The standard InChI is InChI=1S/C21H33ClN4O2S/c1-14(2)12-19(27)25-10-8-17(9-11-25)26(16-6-4-15(3)5-7-16)21(28)24-20-23-13-18(22)29-20/h13-17H,4-12H2,1-3H3,(H,23,24,28). The topological polar surface area (TPSA) is 65.5 Å². The molecule has 0 aromatic carbocycles. The smallest absolute Gasteiger partial charge is 0.324 e. The second-order valence-corrected chi connectivity index (χ2v) is 10.6. The Morgan fingerprint density at radius 2 is 1.83 bits per heavy atom. The van der Waals surface area contributed by atoms with E-state index >= 15 is 0 Å². The lowest BCUT2D eigenvalue weighted by Crippen LogP contribution is -2.54. The first-order valence-corrected chi connectivity index (χ1v) is 12.0. The second-order valence-electron chi connectivity index (χ2n) is 8.93. The van der Waals surface area contributed by atoms with E-state index in [0.29, 0.717) is 21.8 Å². The average Bonchev–Trinajstić information content (AvgIpc) is 3.08. The van der Waals surface area contributed by atoms with Crippen LogP contribution in [0.4, 0.5) is 9.93 Å². The fraction of sp³-hybridized carbons (Fsp3) is 0.762. The zero-order valence-electron chi connectivity index (χ0n) is 17.7. The zero-order chi connectivity index (χ0) is 21.0. The maximum absolute atomic E-state index is 13.2. The van der Waals surface area contributed by atoms with Gasteiger partial charge >= 0.3 is 6.03 Å². The molecule has 1 aromatic heterocycles. The number of nitrogens with zero attached hydrogens (tertiary/aromatic N) is 3. The molecular weight excluding hydrogens is 408 g/mol. The maximum atomic E-state index is 13.2. The quantitative estimate of drug-likeness (QED) is 0.680. The van der Waals surface area contributed by atoms with Crippen molar-refractivity contribution in [2.24, 2.45) is 11.8 Å². The molecule has 29 heavy (non-hydrogen) atoms. The van der Waals surface area contributed by atoms with Crippen molar-refractivity contribution in [3.8, 4) is 0 Å². The van der Waals surface area contributed by atoms with Crippen LogP contribution in [0.15, 0.2) is 6.20 Å². The molecular formula is C21H33ClN4O2S. The Morgan fingerprint density at radius 1 is 1.21 bits per heavy atom. The molecule has 162 valence electrons. The summed E-state index contributed by atoms with van der Waals surface area (Å²) in [5, 5.41) is 3.50. The summed E-state index contributed by atoms with van der Waals surface area (Å²) < 4.78 is 0.565. The highest BCUT2D eigenvalue weighted by Gasteiger charge is 2.35. The number of halogens is 1. The van der Waals surface area contributed by atoms with Gasteiger partial charge in [0.1, 0.15) is 4.34 Å². The van der Waals surface area contributed by atoms with E-state index in [-0.39, 0.29) is 24.0 Å². The Hall–Kier alpha value is -1.34. The Bertz CT molecular complexity index is 695. The molecule has 2 aliphatic rings. The fourth-order valence-electron chi connectivity index (χ4n) is 4.49. The summed E-state index contributed by atoms with van der Waals surface area (Å²) in [6, 6.07) is 0.332. The predicted octanol–water partition coefficient (Wildman–Crippen LogP) is 5.25. The summed E-state index contributed by atoms with van der Waals surface area (Å²) in [5.74, 6) is 1.33. The molecule has 0 atom stereocenters. The van der Waals surface area contributed by atoms with Crippen LogP contribution in [0.3, 0.4) is 0 Å². The van der Waals surface area contributed by atoms with Gasteiger partial charge in [-0.05, 0) is 50.4 Å². The van der Waals surface area contributed by atoms with Gasteiger partial charge in [0.2, 0.25) is 5.91 Å². The van der Waals surface area contributed by atoms with E-state index in [1.54, 1.807) is 6.20 Å².